The van der Waals surface area contributed by atoms with E-state index in [9.17, 15) is 14.1 Å². The molecule has 1 fully saturated rings. The molecule has 4 N–H and O–H groups in total. The van der Waals surface area contributed by atoms with Crippen molar-refractivity contribution in [2.45, 2.75) is 31.5 Å². The van der Waals surface area contributed by atoms with E-state index in [1.807, 2.05) is 0 Å². The predicted octanol–water partition coefficient (Wildman–Crippen LogP) is 0.324. The number of aliphatic hydroxyl groups is 1. The Hall–Kier alpha value is -1.28. The zero-order valence-corrected chi connectivity index (χ0v) is 12.6. The fraction of sp³-hybridized carbons (Fsp3) is 0.636. The fourth-order valence-electron chi connectivity index (χ4n) is 2.04. The first kappa shape index (κ1) is 16.1. The summed E-state index contributed by atoms with van der Waals surface area (Å²) >= 11 is 0. The first-order chi connectivity index (χ1) is 9.93. The highest BCUT2D eigenvalue weighted by Gasteiger charge is 2.46. The van der Waals surface area contributed by atoms with Gasteiger partial charge in [0.2, 0.25) is 0 Å². The molecule has 2 heterocycles. The summed E-state index contributed by atoms with van der Waals surface area (Å²) in [5.74, 6) is 0.233. The normalized spacial score (nSPS) is 30.3. The van der Waals surface area contributed by atoms with E-state index >= 15 is 0 Å². The highest BCUT2D eigenvalue weighted by atomic mass is 31.1. The van der Waals surface area contributed by atoms with Crippen molar-refractivity contribution < 1.29 is 23.3 Å². The van der Waals surface area contributed by atoms with Gasteiger partial charge in [-0.2, -0.15) is 0 Å². The van der Waals surface area contributed by atoms with Crippen molar-refractivity contribution in [3.63, 3.8) is 0 Å². The number of aryl methyl sites for hydroxylation is 1. The third kappa shape index (κ3) is 3.49. The molecule has 1 aliphatic heterocycles. The van der Waals surface area contributed by atoms with Crippen LogP contribution in [0.25, 0.3) is 0 Å². The number of alkyl halides is 1. The number of aliphatic hydroxyl groups excluding tert-OH is 1. The first-order valence-corrected chi connectivity index (χ1v) is 8.17. The van der Waals surface area contributed by atoms with Crippen LogP contribution in [0.2, 0.25) is 0 Å². The Labute approximate surface area is 121 Å². The Kier molecular flexibility index (Phi) is 5.10. The molecule has 0 aliphatic carbocycles. The van der Waals surface area contributed by atoms with Gasteiger partial charge in [-0.15, -0.1) is 0 Å². The van der Waals surface area contributed by atoms with Gasteiger partial charge in [-0.25, -0.2) is 14.4 Å². The van der Waals surface area contributed by atoms with Crippen LogP contribution < -0.4 is 11.1 Å². The van der Waals surface area contributed by atoms with E-state index in [0.717, 1.165) is 0 Å². The van der Waals surface area contributed by atoms with Crippen molar-refractivity contribution in [3.8, 4) is 0 Å². The summed E-state index contributed by atoms with van der Waals surface area (Å²) in [5, 5.41) is 11.9. The smallest absolute Gasteiger partial charge is 0.189 e. The zero-order valence-electron chi connectivity index (χ0n) is 11.6. The molecule has 2 rings (SSSR count). The van der Waals surface area contributed by atoms with E-state index in [0.29, 0.717) is 5.69 Å². The molecule has 0 spiro atoms. The van der Waals surface area contributed by atoms with E-state index in [2.05, 4.69) is 15.3 Å². The maximum Gasteiger partial charge on any atom is 0.189 e. The molecule has 21 heavy (non-hydrogen) atoms. The Balaban J connectivity index is 2.14. The predicted molar refractivity (Wildman–Crippen MR) is 75.2 cm³/mol. The minimum absolute atomic E-state index is 0.233. The van der Waals surface area contributed by atoms with E-state index in [-0.39, 0.29) is 11.5 Å². The second-order valence-corrected chi connectivity index (χ2v) is 5.88. The van der Waals surface area contributed by atoms with Crippen LogP contribution in [0, 0.1) is 6.92 Å². The van der Waals surface area contributed by atoms with Crippen molar-refractivity contribution in [2.24, 2.45) is 0 Å². The molecule has 1 aromatic heterocycles. The summed E-state index contributed by atoms with van der Waals surface area (Å²) in [6.45, 7) is 2.59. The second-order valence-electron chi connectivity index (χ2n) is 4.66. The van der Waals surface area contributed by atoms with Gasteiger partial charge in [0.1, 0.15) is 18.5 Å². The van der Waals surface area contributed by atoms with Crippen LogP contribution in [0.3, 0.4) is 0 Å². The monoisotopic (exact) mass is 320 g/mol. The van der Waals surface area contributed by atoms with Crippen LogP contribution in [-0.2, 0) is 13.8 Å². The molecule has 0 bridgehead atoms. The molecule has 0 aromatic carbocycles. The van der Waals surface area contributed by atoms with Crippen molar-refractivity contribution in [3.05, 3.63) is 12.0 Å². The molecule has 118 valence electrons. The van der Waals surface area contributed by atoms with Crippen LogP contribution in [-0.4, -0.2) is 53.0 Å². The number of hydrogen-bond acceptors (Lipinski definition) is 8. The van der Waals surface area contributed by atoms with Crippen molar-refractivity contribution in [1.82, 2.24) is 9.97 Å². The Morgan fingerprint density at radius 1 is 1.62 bits per heavy atom. The number of nitrogens with zero attached hydrogens (tertiary/aromatic N) is 2. The van der Waals surface area contributed by atoms with Gasteiger partial charge in [0.25, 0.3) is 0 Å². The van der Waals surface area contributed by atoms with Gasteiger partial charge in [-0.05, 0) is 6.92 Å². The van der Waals surface area contributed by atoms with Crippen molar-refractivity contribution in [1.29, 1.82) is 0 Å². The first-order valence-electron chi connectivity index (χ1n) is 6.35. The topological polar surface area (TPSA) is 120 Å². The number of hydrogen-bond donors (Lipinski definition) is 3. The van der Waals surface area contributed by atoms with E-state index in [4.69, 9.17) is 15.0 Å². The van der Waals surface area contributed by atoms with E-state index in [1.54, 1.807) is 6.92 Å². The molecule has 1 saturated heterocycles. The number of anilines is 2. The van der Waals surface area contributed by atoms with Gasteiger partial charge in [0.15, 0.2) is 26.2 Å². The lowest BCUT2D eigenvalue weighted by atomic mass is 10.1. The minimum atomic E-state index is -2.36. The average molecular weight is 320 g/mol. The third-order valence-corrected chi connectivity index (χ3v) is 3.74. The maximum absolute atomic E-state index is 14.3. The molecule has 0 saturated carbocycles. The van der Waals surface area contributed by atoms with E-state index < -0.39 is 39.2 Å². The molecule has 5 atom stereocenters. The van der Waals surface area contributed by atoms with Crippen LogP contribution in [0.1, 0.15) is 5.69 Å². The zero-order chi connectivity index (χ0) is 15.6. The number of nitrogen functional groups attached to an aromatic ring is 1. The fourth-order valence-corrected chi connectivity index (χ4v) is 2.71. The molecule has 1 aromatic rings. The number of rotatable bonds is 5. The standard InChI is InChI=1S/C11H18FN4O4P/c1-5-8(13)10(15-4-14-5)16-11-7(12)9(20-21(2)18)6(3-17)19-11/h4,6-7,9,11,17,21H,3,13H2,1-2H3,(H,14,15,16)/t6?,7-,9-,11-/m1/s1. The average Bonchev–Trinajstić information content (AvgIpc) is 2.72. The summed E-state index contributed by atoms with van der Waals surface area (Å²) in [6, 6.07) is 0. The summed E-state index contributed by atoms with van der Waals surface area (Å²) in [7, 11) is -2.36. The van der Waals surface area contributed by atoms with E-state index in [1.165, 1.54) is 13.0 Å². The SMILES string of the molecule is Cc1ncnc(N[C@@H]2OC(CO)[C@@H](O[PH](C)=O)[C@H]2F)c1N. The van der Waals surface area contributed by atoms with Gasteiger partial charge in [-0.1, -0.05) is 0 Å². The molecule has 10 heteroatoms. The van der Waals surface area contributed by atoms with Gasteiger partial charge >= 0.3 is 0 Å². The van der Waals surface area contributed by atoms with Crippen LogP contribution >= 0.6 is 8.03 Å². The number of nitrogens with two attached hydrogens (primary N) is 1. The van der Waals surface area contributed by atoms with Crippen LogP contribution in [0.4, 0.5) is 15.9 Å². The Bertz CT molecular complexity index is 535. The molecule has 0 radical (unpaired) electrons. The Morgan fingerprint density at radius 3 is 2.95 bits per heavy atom. The summed E-state index contributed by atoms with van der Waals surface area (Å²) in [6.07, 6.45) is -3.45. The highest BCUT2D eigenvalue weighted by Crippen LogP contribution is 2.33. The summed E-state index contributed by atoms with van der Waals surface area (Å²) in [5.41, 5.74) is 6.62. The lowest BCUT2D eigenvalue weighted by molar-refractivity contribution is -0.00677. The second kappa shape index (κ2) is 6.65. The number of halogens is 1. The van der Waals surface area contributed by atoms with Crippen LogP contribution in [0.15, 0.2) is 6.33 Å². The summed E-state index contributed by atoms with van der Waals surface area (Å²) < 4.78 is 35.9. The molecule has 0 amide bonds. The number of ether oxygens (including phenoxy) is 1. The van der Waals surface area contributed by atoms with Crippen molar-refractivity contribution >= 4 is 19.5 Å². The van der Waals surface area contributed by atoms with Gasteiger partial charge in [0.05, 0.1) is 18.0 Å². The Morgan fingerprint density at radius 2 is 2.33 bits per heavy atom. The third-order valence-electron chi connectivity index (χ3n) is 3.14. The summed E-state index contributed by atoms with van der Waals surface area (Å²) in [4.78, 5) is 7.83. The lowest BCUT2D eigenvalue weighted by Gasteiger charge is -2.18. The number of nitrogens with one attached hydrogen (secondary N) is 1. The lowest BCUT2D eigenvalue weighted by Crippen LogP contribution is -2.34. The van der Waals surface area contributed by atoms with Gasteiger partial charge < -0.3 is 25.4 Å². The molecular formula is C11H18FN4O4P. The minimum Gasteiger partial charge on any atom is -0.394 e. The largest absolute Gasteiger partial charge is 0.394 e. The molecule has 8 nitrogen and oxygen atoms in total. The molecule has 2 unspecified atom stereocenters. The highest BCUT2D eigenvalue weighted by molar-refractivity contribution is 7.38. The maximum atomic E-state index is 14.3. The number of aromatic nitrogens is 2. The van der Waals surface area contributed by atoms with Crippen molar-refractivity contribution in [2.75, 3.05) is 24.3 Å². The van der Waals surface area contributed by atoms with Gasteiger partial charge in [-0.3, -0.25) is 4.57 Å². The quantitative estimate of drug-likeness (QED) is 0.664. The molecule has 1 aliphatic rings. The van der Waals surface area contributed by atoms with Crippen LogP contribution in [0.5, 0.6) is 0 Å². The van der Waals surface area contributed by atoms with Gasteiger partial charge in [0, 0.05) is 6.66 Å². The molecular weight excluding hydrogens is 302 g/mol.